The standard InChI is InChI=1S/C48H94NO7P/c1-6-8-10-12-14-16-18-20-22-23-24-25-26-27-28-29-31-33-35-37-39-41-48(50)56-47(46-55-57(51,52)54-44-42-49(3,4)5)45-53-43-40-38-36-34-32-30-21-19-17-15-13-11-9-7-2/h18,20,23-24,47H,6-17,19,21-22,25-46H2,1-5H3/b20-18-,24-23-. The fraction of sp³-hybridized carbons (Fsp3) is 0.896. The summed E-state index contributed by atoms with van der Waals surface area (Å²) in [6, 6.07) is 0. The third kappa shape index (κ3) is 45.9. The normalized spacial score (nSPS) is 13.9. The molecule has 57 heavy (non-hydrogen) atoms. The van der Waals surface area contributed by atoms with E-state index in [2.05, 4.69) is 38.2 Å². The minimum absolute atomic E-state index is 0.0274. The van der Waals surface area contributed by atoms with Gasteiger partial charge in [0.15, 0.2) is 0 Å². The monoisotopic (exact) mass is 828 g/mol. The molecule has 0 amide bonds. The third-order valence-corrected chi connectivity index (χ3v) is 11.5. The van der Waals surface area contributed by atoms with E-state index >= 15 is 0 Å². The molecule has 0 aliphatic rings. The molecule has 0 aromatic carbocycles. The van der Waals surface area contributed by atoms with E-state index in [1.54, 1.807) is 0 Å². The number of esters is 1. The van der Waals surface area contributed by atoms with Gasteiger partial charge < -0.3 is 27.9 Å². The maximum Gasteiger partial charge on any atom is 0.306 e. The van der Waals surface area contributed by atoms with Gasteiger partial charge in [-0.1, -0.05) is 192 Å². The van der Waals surface area contributed by atoms with Crippen LogP contribution in [0.5, 0.6) is 0 Å². The van der Waals surface area contributed by atoms with Gasteiger partial charge in [0.25, 0.3) is 7.82 Å². The summed E-state index contributed by atoms with van der Waals surface area (Å²) in [7, 11) is 1.36. The van der Waals surface area contributed by atoms with E-state index in [4.69, 9.17) is 18.5 Å². The van der Waals surface area contributed by atoms with Crippen LogP contribution in [0.2, 0.25) is 0 Å². The fourth-order valence-electron chi connectivity index (χ4n) is 6.75. The van der Waals surface area contributed by atoms with Gasteiger partial charge in [-0.3, -0.25) is 9.36 Å². The molecular formula is C48H94NO7P. The Labute approximate surface area is 353 Å². The summed E-state index contributed by atoms with van der Waals surface area (Å²) in [5.74, 6) is -0.335. The molecule has 0 aliphatic heterocycles. The molecule has 0 aromatic heterocycles. The van der Waals surface area contributed by atoms with Crippen molar-refractivity contribution >= 4 is 13.8 Å². The summed E-state index contributed by atoms with van der Waals surface area (Å²) in [6.07, 6.45) is 47.6. The summed E-state index contributed by atoms with van der Waals surface area (Å²) < 4.78 is 34.7. The molecule has 0 bridgehead atoms. The maximum absolute atomic E-state index is 12.7. The number of hydrogen-bond acceptors (Lipinski definition) is 7. The van der Waals surface area contributed by atoms with Gasteiger partial charge >= 0.3 is 5.97 Å². The average molecular weight is 828 g/mol. The number of unbranched alkanes of at least 4 members (excludes halogenated alkanes) is 27. The second-order valence-electron chi connectivity index (χ2n) is 17.5. The van der Waals surface area contributed by atoms with Crippen molar-refractivity contribution in [1.82, 2.24) is 0 Å². The molecule has 338 valence electrons. The number of nitrogens with zero attached hydrogens (tertiary/aromatic N) is 1. The Hall–Kier alpha value is -1.02. The summed E-state index contributed by atoms with van der Waals surface area (Å²) in [4.78, 5) is 25.1. The largest absolute Gasteiger partial charge is 0.756 e. The topological polar surface area (TPSA) is 94.1 Å². The lowest BCUT2D eigenvalue weighted by Gasteiger charge is -2.28. The lowest BCUT2D eigenvalue weighted by molar-refractivity contribution is -0.870. The Bertz CT molecular complexity index is 967. The third-order valence-electron chi connectivity index (χ3n) is 10.5. The molecule has 2 unspecified atom stereocenters. The lowest BCUT2D eigenvalue weighted by atomic mass is 10.0. The Morgan fingerprint density at radius 2 is 0.965 bits per heavy atom. The quantitative estimate of drug-likeness (QED) is 0.0198. The van der Waals surface area contributed by atoms with Crippen LogP contribution in [-0.2, 0) is 27.9 Å². The minimum Gasteiger partial charge on any atom is -0.756 e. The van der Waals surface area contributed by atoms with Crippen LogP contribution >= 0.6 is 7.82 Å². The average Bonchev–Trinajstić information content (AvgIpc) is 3.16. The van der Waals surface area contributed by atoms with E-state index in [-0.39, 0.29) is 25.8 Å². The Morgan fingerprint density at radius 1 is 0.544 bits per heavy atom. The highest BCUT2D eigenvalue weighted by molar-refractivity contribution is 7.45. The molecule has 9 heteroatoms. The number of allylic oxidation sites excluding steroid dienone is 4. The van der Waals surface area contributed by atoms with Gasteiger partial charge in [0.2, 0.25) is 0 Å². The number of carbonyl (C=O) groups is 1. The Kier molecular flexibility index (Phi) is 41.0. The van der Waals surface area contributed by atoms with E-state index in [1.807, 2.05) is 21.1 Å². The van der Waals surface area contributed by atoms with E-state index in [0.717, 1.165) is 38.5 Å². The van der Waals surface area contributed by atoms with E-state index in [1.165, 1.54) is 161 Å². The Balaban J connectivity index is 4.15. The molecule has 0 aliphatic carbocycles. The number of quaternary nitrogens is 1. The molecular weight excluding hydrogens is 734 g/mol. The summed E-state index contributed by atoms with van der Waals surface area (Å²) in [5, 5.41) is 0. The lowest BCUT2D eigenvalue weighted by Crippen LogP contribution is -2.37. The van der Waals surface area contributed by atoms with Gasteiger partial charge in [0.05, 0.1) is 34.4 Å². The molecule has 0 fully saturated rings. The first-order valence-corrected chi connectivity index (χ1v) is 25.5. The zero-order valence-corrected chi connectivity index (χ0v) is 39.2. The van der Waals surface area contributed by atoms with E-state index < -0.39 is 13.9 Å². The molecule has 8 nitrogen and oxygen atoms in total. The van der Waals surface area contributed by atoms with Crippen molar-refractivity contribution in [1.29, 1.82) is 0 Å². The van der Waals surface area contributed by atoms with Gasteiger partial charge in [-0.2, -0.15) is 0 Å². The molecule has 0 aromatic rings. The molecule has 0 radical (unpaired) electrons. The van der Waals surface area contributed by atoms with Crippen molar-refractivity contribution in [3.8, 4) is 0 Å². The minimum atomic E-state index is -4.52. The second-order valence-corrected chi connectivity index (χ2v) is 18.9. The number of carbonyl (C=O) groups excluding carboxylic acids is 1. The van der Waals surface area contributed by atoms with Gasteiger partial charge in [-0.15, -0.1) is 0 Å². The first-order chi connectivity index (χ1) is 27.6. The van der Waals surface area contributed by atoms with Crippen LogP contribution in [-0.4, -0.2) is 70.7 Å². The summed E-state index contributed by atoms with van der Waals surface area (Å²) in [5.41, 5.74) is 0. The Morgan fingerprint density at radius 3 is 1.42 bits per heavy atom. The highest BCUT2D eigenvalue weighted by Gasteiger charge is 2.20. The molecule has 0 N–H and O–H groups in total. The van der Waals surface area contributed by atoms with Gasteiger partial charge in [0, 0.05) is 13.0 Å². The van der Waals surface area contributed by atoms with Crippen LogP contribution in [0.15, 0.2) is 24.3 Å². The van der Waals surface area contributed by atoms with Crippen molar-refractivity contribution in [2.24, 2.45) is 0 Å². The number of likely N-dealkylation sites (N-methyl/N-ethyl adjacent to an activating group) is 1. The van der Waals surface area contributed by atoms with Crippen molar-refractivity contribution in [3.63, 3.8) is 0 Å². The molecule has 0 saturated heterocycles. The van der Waals surface area contributed by atoms with Gasteiger partial charge in [0.1, 0.15) is 19.3 Å². The van der Waals surface area contributed by atoms with Crippen LogP contribution in [0.1, 0.15) is 219 Å². The van der Waals surface area contributed by atoms with Crippen LogP contribution < -0.4 is 4.89 Å². The van der Waals surface area contributed by atoms with Crippen molar-refractivity contribution in [2.75, 3.05) is 54.1 Å². The van der Waals surface area contributed by atoms with Crippen LogP contribution in [0.4, 0.5) is 0 Å². The van der Waals surface area contributed by atoms with E-state index in [9.17, 15) is 14.3 Å². The fourth-order valence-corrected chi connectivity index (χ4v) is 7.48. The van der Waals surface area contributed by atoms with Crippen molar-refractivity contribution < 1.29 is 37.3 Å². The predicted molar refractivity (Wildman–Crippen MR) is 240 cm³/mol. The number of rotatable bonds is 45. The van der Waals surface area contributed by atoms with E-state index in [0.29, 0.717) is 24.1 Å². The van der Waals surface area contributed by atoms with Crippen molar-refractivity contribution in [2.45, 2.75) is 225 Å². The maximum atomic E-state index is 12.7. The smallest absolute Gasteiger partial charge is 0.306 e. The summed E-state index contributed by atoms with van der Waals surface area (Å²) in [6.45, 7) is 5.43. The number of phosphoric acid groups is 1. The van der Waals surface area contributed by atoms with Gasteiger partial charge in [-0.05, 0) is 44.9 Å². The first-order valence-electron chi connectivity index (χ1n) is 24.1. The SMILES string of the molecule is CCCCCCC/C=C\C/C=C\CCCCCCCCCCCC(=O)OC(COCCCCCCCCCCCCCCCC)COP(=O)([O-])OCC[N+](C)(C)C. The molecule has 0 spiro atoms. The van der Waals surface area contributed by atoms with Crippen molar-refractivity contribution in [3.05, 3.63) is 24.3 Å². The zero-order valence-electron chi connectivity index (χ0n) is 38.3. The number of ether oxygens (including phenoxy) is 2. The second kappa shape index (κ2) is 41.7. The zero-order chi connectivity index (χ0) is 42.0. The predicted octanol–water partition coefficient (Wildman–Crippen LogP) is 13.8. The highest BCUT2D eigenvalue weighted by atomic mass is 31.2. The van der Waals surface area contributed by atoms with Gasteiger partial charge in [-0.25, -0.2) is 0 Å². The van der Waals surface area contributed by atoms with Crippen LogP contribution in [0.25, 0.3) is 0 Å². The van der Waals surface area contributed by atoms with Crippen LogP contribution in [0, 0.1) is 0 Å². The first kappa shape index (κ1) is 56.0. The summed E-state index contributed by atoms with van der Waals surface area (Å²) >= 11 is 0. The molecule has 0 rings (SSSR count). The molecule has 0 heterocycles. The highest BCUT2D eigenvalue weighted by Crippen LogP contribution is 2.38. The number of phosphoric ester groups is 1. The number of hydrogen-bond donors (Lipinski definition) is 0. The molecule has 2 atom stereocenters. The van der Waals surface area contributed by atoms with Crippen LogP contribution in [0.3, 0.4) is 0 Å². The molecule has 0 saturated carbocycles.